The van der Waals surface area contributed by atoms with Gasteiger partial charge in [0, 0.05) is 12.8 Å². The Morgan fingerprint density at radius 2 is 0.805 bits per heavy atom. The summed E-state index contributed by atoms with van der Waals surface area (Å²) in [6.07, 6.45) is 76.7. The van der Waals surface area contributed by atoms with Crippen LogP contribution in [0.25, 0.3) is 0 Å². The van der Waals surface area contributed by atoms with Gasteiger partial charge < -0.3 is 19.4 Å². The van der Waals surface area contributed by atoms with Crippen LogP contribution in [-0.2, 0) is 27.9 Å². The second-order valence-corrected chi connectivity index (χ2v) is 23.3. The number of rotatable bonds is 55. The first-order valence-corrected chi connectivity index (χ1v) is 32.7. The Hall–Kier alpha value is -3.33. The maximum absolute atomic E-state index is 13.5. The van der Waals surface area contributed by atoms with Crippen LogP contribution in [-0.4, -0.2) is 74.3 Å². The first-order valence-electron chi connectivity index (χ1n) is 31.2. The molecule has 0 aromatic heterocycles. The number of ether oxygens (including phenoxy) is 1. The van der Waals surface area contributed by atoms with Gasteiger partial charge in [-0.05, 0) is 115 Å². The summed E-state index contributed by atoms with van der Waals surface area (Å²) in [6, 6.07) is -0.888. The van der Waals surface area contributed by atoms with Crippen molar-refractivity contribution >= 4 is 19.7 Å². The summed E-state index contributed by atoms with van der Waals surface area (Å²) in [7, 11) is 1.44. The summed E-state index contributed by atoms with van der Waals surface area (Å²) < 4.78 is 30.6. The molecule has 0 fully saturated rings. The normalized spacial score (nSPS) is 14.4. The summed E-state index contributed by atoms with van der Waals surface area (Å²) >= 11 is 0. The van der Waals surface area contributed by atoms with Crippen molar-refractivity contribution < 1.29 is 37.3 Å². The molecule has 10 heteroatoms. The number of esters is 1. The molecule has 0 aromatic carbocycles. The zero-order valence-corrected chi connectivity index (χ0v) is 51.3. The molecule has 0 spiro atoms. The van der Waals surface area contributed by atoms with E-state index in [9.17, 15) is 19.0 Å². The van der Waals surface area contributed by atoms with Gasteiger partial charge in [-0.2, -0.15) is 0 Å². The number of phosphoric ester groups is 1. The van der Waals surface area contributed by atoms with E-state index in [1.54, 1.807) is 0 Å². The molecule has 0 radical (unpaired) electrons. The van der Waals surface area contributed by atoms with Crippen molar-refractivity contribution in [1.29, 1.82) is 0 Å². The number of allylic oxidation sites excluding steroid dienone is 17. The highest BCUT2D eigenvalue weighted by Crippen LogP contribution is 2.43. The molecule has 3 atom stereocenters. The number of carbonyl (C=O) groups excluding carboxylic acids is 2. The average molecular weight is 1090 g/mol. The number of carbonyl (C=O) groups is 2. The molecule has 0 saturated carbocycles. The van der Waals surface area contributed by atoms with Gasteiger partial charge in [0.1, 0.15) is 19.3 Å². The molecular formula is C67H118N2O7P+. The number of hydrogen-bond acceptors (Lipinski definition) is 6. The number of amides is 1. The van der Waals surface area contributed by atoms with Crippen LogP contribution in [0.5, 0.6) is 0 Å². The van der Waals surface area contributed by atoms with Crippen LogP contribution < -0.4 is 5.32 Å². The lowest BCUT2D eigenvalue weighted by Crippen LogP contribution is -2.47. The third kappa shape index (κ3) is 57.2. The molecule has 0 bridgehead atoms. The van der Waals surface area contributed by atoms with E-state index in [2.05, 4.69) is 123 Å². The average Bonchev–Trinajstić information content (AvgIpc) is 3.39. The standard InChI is InChI=1S/C67H117N2O7P/c1-7-10-13-16-19-22-25-27-29-31-32-33-34-35-36-38-40-42-45-48-51-54-57-60-67(71)76-65(58-55-52-49-46-43-24-21-18-15-12-9-3)64(63-75-77(72,73)74-62-61-69(4,5)6)68-66(70)59-56-53-50-47-44-41-39-37-30-28-26-23-20-17-14-11-8-2/h19-20,22-23,27-30,32-33,35-36,39,41,47,50,55,58,64-65H,7-18,21,24-26,31,34,37-38,40,42-46,48-49,51-54,56-57,59-63H2,1-6H3,(H-,68,70,72,73)/p+1/b22-19-,23-20-,29-27-,30-28-,33-32-,36-35-,41-39-,50-47-,58-55-. The highest BCUT2D eigenvalue weighted by atomic mass is 31.2. The van der Waals surface area contributed by atoms with Gasteiger partial charge in [0.25, 0.3) is 0 Å². The second-order valence-electron chi connectivity index (χ2n) is 21.9. The number of nitrogens with one attached hydrogen (secondary N) is 1. The molecular weight excluding hydrogens is 976 g/mol. The molecule has 0 saturated heterocycles. The highest BCUT2D eigenvalue weighted by Gasteiger charge is 2.30. The Kier molecular flexibility index (Phi) is 53.5. The van der Waals surface area contributed by atoms with Gasteiger partial charge in [-0.25, -0.2) is 4.57 Å². The van der Waals surface area contributed by atoms with Gasteiger partial charge in [0.05, 0.1) is 33.8 Å². The number of phosphoric acid groups is 1. The molecule has 0 aliphatic rings. The first-order chi connectivity index (χ1) is 37.4. The second kappa shape index (κ2) is 56.0. The summed E-state index contributed by atoms with van der Waals surface area (Å²) in [5.74, 6) is -0.589. The molecule has 3 unspecified atom stereocenters. The van der Waals surface area contributed by atoms with E-state index < -0.39 is 20.0 Å². The van der Waals surface area contributed by atoms with Crippen molar-refractivity contribution in [3.8, 4) is 0 Å². The van der Waals surface area contributed by atoms with E-state index in [-0.39, 0.29) is 37.9 Å². The van der Waals surface area contributed by atoms with Crippen molar-refractivity contribution in [2.45, 2.75) is 264 Å². The maximum atomic E-state index is 13.5. The van der Waals surface area contributed by atoms with Crippen molar-refractivity contribution in [3.63, 3.8) is 0 Å². The highest BCUT2D eigenvalue weighted by molar-refractivity contribution is 7.47. The van der Waals surface area contributed by atoms with Gasteiger partial charge >= 0.3 is 13.8 Å². The number of unbranched alkanes of at least 4 members (excludes halogenated alkanes) is 23. The summed E-state index contributed by atoms with van der Waals surface area (Å²) in [5, 5.41) is 3.01. The molecule has 0 aliphatic heterocycles. The lowest BCUT2D eigenvalue weighted by Gasteiger charge is -2.27. The molecule has 77 heavy (non-hydrogen) atoms. The van der Waals surface area contributed by atoms with Crippen molar-refractivity contribution in [3.05, 3.63) is 109 Å². The van der Waals surface area contributed by atoms with Crippen LogP contribution in [0.3, 0.4) is 0 Å². The Morgan fingerprint density at radius 1 is 0.455 bits per heavy atom. The molecule has 442 valence electrons. The van der Waals surface area contributed by atoms with E-state index in [4.69, 9.17) is 13.8 Å². The largest absolute Gasteiger partial charge is 0.472 e. The molecule has 2 N–H and O–H groups in total. The minimum atomic E-state index is -4.47. The number of nitrogens with zero attached hydrogens (tertiary/aromatic N) is 1. The van der Waals surface area contributed by atoms with Gasteiger partial charge in [-0.15, -0.1) is 0 Å². The van der Waals surface area contributed by atoms with Crippen molar-refractivity contribution in [2.24, 2.45) is 0 Å². The zero-order chi connectivity index (χ0) is 56.4. The monoisotopic (exact) mass is 1090 g/mol. The summed E-state index contributed by atoms with van der Waals surface area (Å²) in [5.41, 5.74) is 0. The fraction of sp³-hybridized carbons (Fsp3) is 0.701. The topological polar surface area (TPSA) is 111 Å². The molecule has 0 heterocycles. The fourth-order valence-electron chi connectivity index (χ4n) is 8.33. The number of likely N-dealkylation sites (N-methyl/N-ethyl adjacent to an activating group) is 1. The SMILES string of the molecule is CCCCC/C=C\C/C=C\C/C=C\C/C=C\CCCCCCCCCC(=O)OC(/C=C\CCCCCCCCCCC)C(COP(=O)(O)OCC[N+](C)(C)C)NC(=O)CCC/C=C\C/C=C\C/C=C\C/C=C\CCCCC. The van der Waals surface area contributed by atoms with Gasteiger partial charge in [-0.1, -0.05) is 233 Å². The molecule has 0 aromatic rings. The van der Waals surface area contributed by atoms with E-state index in [0.29, 0.717) is 23.9 Å². The van der Waals surface area contributed by atoms with Crippen LogP contribution >= 0.6 is 7.82 Å². The van der Waals surface area contributed by atoms with E-state index in [1.807, 2.05) is 33.3 Å². The Bertz CT molecular complexity index is 1690. The molecule has 9 nitrogen and oxygen atoms in total. The molecule has 1 amide bonds. The Labute approximate surface area is 474 Å². The van der Waals surface area contributed by atoms with Gasteiger partial charge in [0.2, 0.25) is 5.91 Å². The third-order valence-corrected chi connectivity index (χ3v) is 14.2. The van der Waals surface area contributed by atoms with E-state index in [0.717, 1.165) is 89.9 Å². The van der Waals surface area contributed by atoms with Crippen molar-refractivity contribution in [2.75, 3.05) is 40.9 Å². The lowest BCUT2D eigenvalue weighted by molar-refractivity contribution is -0.870. The van der Waals surface area contributed by atoms with E-state index in [1.165, 1.54) is 116 Å². The minimum Gasteiger partial charge on any atom is -0.456 e. The van der Waals surface area contributed by atoms with Gasteiger partial charge in [-0.3, -0.25) is 18.6 Å². The van der Waals surface area contributed by atoms with Crippen molar-refractivity contribution in [1.82, 2.24) is 5.32 Å². The maximum Gasteiger partial charge on any atom is 0.472 e. The number of hydrogen-bond donors (Lipinski definition) is 2. The van der Waals surface area contributed by atoms with E-state index >= 15 is 0 Å². The summed E-state index contributed by atoms with van der Waals surface area (Å²) in [6.45, 7) is 6.89. The van der Waals surface area contributed by atoms with Crippen LogP contribution in [0.1, 0.15) is 252 Å². The lowest BCUT2D eigenvalue weighted by atomic mass is 10.1. The van der Waals surface area contributed by atoms with Crippen LogP contribution in [0, 0.1) is 0 Å². The predicted octanol–water partition coefficient (Wildman–Crippen LogP) is 19.3. The Morgan fingerprint density at radius 3 is 1.23 bits per heavy atom. The molecule has 0 rings (SSSR count). The molecule has 0 aliphatic carbocycles. The predicted molar refractivity (Wildman–Crippen MR) is 332 cm³/mol. The Balaban J connectivity index is 5.30. The third-order valence-electron chi connectivity index (χ3n) is 13.2. The first kappa shape index (κ1) is 73.7. The van der Waals surface area contributed by atoms with Gasteiger partial charge in [0.15, 0.2) is 0 Å². The van der Waals surface area contributed by atoms with Crippen LogP contribution in [0.4, 0.5) is 0 Å². The van der Waals surface area contributed by atoms with Crippen LogP contribution in [0.15, 0.2) is 109 Å². The smallest absolute Gasteiger partial charge is 0.456 e. The number of quaternary nitrogens is 1. The summed E-state index contributed by atoms with van der Waals surface area (Å²) in [4.78, 5) is 37.7. The fourth-order valence-corrected chi connectivity index (χ4v) is 9.06. The van der Waals surface area contributed by atoms with Crippen LogP contribution in [0.2, 0.25) is 0 Å². The zero-order valence-electron chi connectivity index (χ0n) is 50.4. The minimum absolute atomic E-state index is 0.0228. The quantitative estimate of drug-likeness (QED) is 0.0205.